The summed E-state index contributed by atoms with van der Waals surface area (Å²) in [7, 11) is 0. The molecule has 1 aliphatic carbocycles. The summed E-state index contributed by atoms with van der Waals surface area (Å²) in [6.45, 7) is 0.366. The van der Waals surface area contributed by atoms with E-state index in [0.717, 1.165) is 24.1 Å². The van der Waals surface area contributed by atoms with Crippen LogP contribution in [0.5, 0.6) is 17.2 Å². The van der Waals surface area contributed by atoms with Gasteiger partial charge in [-0.3, -0.25) is 4.79 Å². The molecule has 2 amide bonds. The van der Waals surface area contributed by atoms with Gasteiger partial charge in [0, 0.05) is 35.3 Å². The van der Waals surface area contributed by atoms with Crippen molar-refractivity contribution in [2.45, 2.75) is 25.3 Å². The first-order valence-electron chi connectivity index (χ1n) is 12.2. The van der Waals surface area contributed by atoms with Gasteiger partial charge in [-0.05, 0) is 66.9 Å². The number of halogens is 2. The molecule has 39 heavy (non-hydrogen) atoms. The van der Waals surface area contributed by atoms with Crippen LogP contribution in [0.3, 0.4) is 0 Å². The van der Waals surface area contributed by atoms with Gasteiger partial charge < -0.3 is 25.2 Å². The van der Waals surface area contributed by atoms with Crippen LogP contribution in [0.4, 0.5) is 10.5 Å². The predicted octanol–water partition coefficient (Wildman–Crippen LogP) is 6.18. The van der Waals surface area contributed by atoms with Gasteiger partial charge in [0.2, 0.25) is 6.79 Å². The molecule has 1 saturated carbocycles. The second kappa shape index (κ2) is 10.2. The number of rotatable bonds is 6. The zero-order chi connectivity index (χ0) is 27.1. The number of hydrogen-bond acceptors (Lipinski definition) is 6. The largest absolute Gasteiger partial charge is 0.507 e. The number of benzene rings is 3. The number of carbonyl (C=O) groups is 2. The maximum Gasteiger partial charge on any atom is 0.342 e. The van der Waals surface area contributed by atoms with E-state index >= 15 is 0 Å². The van der Waals surface area contributed by atoms with Gasteiger partial charge >= 0.3 is 6.03 Å². The maximum atomic E-state index is 13.0. The zero-order valence-corrected chi connectivity index (χ0v) is 21.9. The lowest BCUT2D eigenvalue weighted by Gasteiger charge is -2.09. The molecule has 1 fully saturated rings. The molecule has 0 bridgehead atoms. The monoisotopic (exact) mass is 564 g/mol. The van der Waals surface area contributed by atoms with Crippen LogP contribution >= 0.6 is 23.2 Å². The standard InChI is InChI=1S/C28H22Cl2N4O5/c29-20-7-1-15(9-21(20)30)13-31-28(37)34-23(16-2-3-16)12-22(33-34)19-6-5-18(11-24(19)35)32-27(36)17-4-8-25-26(10-17)39-14-38-25/h1,4-12,16,35H,2-3,13-14H2,(H,31,37)(H,32,36). The van der Waals surface area contributed by atoms with Crippen molar-refractivity contribution in [2.24, 2.45) is 0 Å². The molecule has 0 atom stereocenters. The van der Waals surface area contributed by atoms with Crippen LogP contribution in [0.2, 0.25) is 10.0 Å². The predicted molar refractivity (Wildman–Crippen MR) is 146 cm³/mol. The summed E-state index contributed by atoms with van der Waals surface area (Å²) >= 11 is 12.1. The molecule has 6 rings (SSSR count). The molecule has 0 spiro atoms. The van der Waals surface area contributed by atoms with E-state index in [0.29, 0.717) is 44.1 Å². The van der Waals surface area contributed by atoms with E-state index < -0.39 is 0 Å². The highest BCUT2D eigenvalue weighted by Gasteiger charge is 2.31. The molecule has 1 aliphatic heterocycles. The second-order valence-corrected chi connectivity index (χ2v) is 10.1. The fraction of sp³-hybridized carbons (Fsp3) is 0.179. The summed E-state index contributed by atoms with van der Waals surface area (Å²) in [5.41, 5.74) is 3.26. The lowest BCUT2D eigenvalue weighted by Crippen LogP contribution is -2.30. The fourth-order valence-corrected chi connectivity index (χ4v) is 4.65. The number of amides is 2. The summed E-state index contributed by atoms with van der Waals surface area (Å²) in [5.74, 6) is 0.871. The molecular weight excluding hydrogens is 543 g/mol. The van der Waals surface area contributed by atoms with Crippen LogP contribution in [-0.4, -0.2) is 33.6 Å². The molecule has 3 N–H and O–H groups in total. The molecule has 1 aromatic heterocycles. The number of aromatic nitrogens is 2. The van der Waals surface area contributed by atoms with E-state index in [1.165, 1.54) is 10.7 Å². The highest BCUT2D eigenvalue weighted by atomic mass is 35.5. The smallest absolute Gasteiger partial charge is 0.342 e. The summed E-state index contributed by atoms with van der Waals surface area (Å²) in [6, 6.07) is 16.3. The maximum absolute atomic E-state index is 13.0. The third-order valence-electron chi connectivity index (χ3n) is 6.52. The Bertz CT molecular complexity index is 1620. The molecule has 3 aromatic carbocycles. The topological polar surface area (TPSA) is 115 Å². The Morgan fingerprint density at radius 3 is 2.56 bits per heavy atom. The second-order valence-electron chi connectivity index (χ2n) is 9.30. The van der Waals surface area contributed by atoms with Crippen LogP contribution in [0, 0.1) is 0 Å². The number of nitrogens with zero attached hydrogens (tertiary/aromatic N) is 2. The van der Waals surface area contributed by atoms with Gasteiger partial charge in [0.1, 0.15) is 5.75 Å². The normalized spacial score (nSPS) is 13.8. The molecule has 0 radical (unpaired) electrons. The third kappa shape index (κ3) is 5.23. The van der Waals surface area contributed by atoms with E-state index in [1.54, 1.807) is 48.5 Å². The first kappa shape index (κ1) is 25.1. The minimum atomic E-state index is -0.388. The highest BCUT2D eigenvalue weighted by molar-refractivity contribution is 6.42. The number of anilines is 1. The fourth-order valence-electron chi connectivity index (χ4n) is 4.33. The first-order chi connectivity index (χ1) is 18.9. The quantitative estimate of drug-likeness (QED) is 0.257. The van der Waals surface area contributed by atoms with Crippen molar-refractivity contribution in [3.05, 3.63) is 87.5 Å². The molecular formula is C28H22Cl2N4O5. The molecule has 198 valence electrons. The summed E-state index contributed by atoms with van der Waals surface area (Å²) in [5, 5.41) is 21.8. The number of carbonyl (C=O) groups excluding carboxylic acids is 2. The lowest BCUT2D eigenvalue weighted by molar-refractivity contribution is 0.102. The van der Waals surface area contributed by atoms with Gasteiger partial charge in [-0.2, -0.15) is 9.78 Å². The van der Waals surface area contributed by atoms with Crippen molar-refractivity contribution in [2.75, 3.05) is 12.1 Å². The highest BCUT2D eigenvalue weighted by Crippen LogP contribution is 2.42. The van der Waals surface area contributed by atoms with Crippen molar-refractivity contribution in [3.8, 4) is 28.5 Å². The Labute approximate surface area is 233 Å². The summed E-state index contributed by atoms with van der Waals surface area (Å²) in [4.78, 5) is 25.8. The zero-order valence-electron chi connectivity index (χ0n) is 20.4. The van der Waals surface area contributed by atoms with Gasteiger partial charge in [0.25, 0.3) is 5.91 Å². The molecule has 4 aromatic rings. The summed E-state index contributed by atoms with van der Waals surface area (Å²) in [6.07, 6.45) is 1.92. The number of aromatic hydroxyl groups is 1. The average Bonchev–Trinajstić information content (AvgIpc) is 3.49. The van der Waals surface area contributed by atoms with Gasteiger partial charge in [0.05, 0.1) is 21.4 Å². The molecule has 9 nitrogen and oxygen atoms in total. The van der Waals surface area contributed by atoms with Crippen LogP contribution in [-0.2, 0) is 6.54 Å². The number of hydrogen-bond donors (Lipinski definition) is 3. The molecule has 2 heterocycles. The Balaban J connectivity index is 1.19. The first-order valence-corrected chi connectivity index (χ1v) is 13.0. The van der Waals surface area contributed by atoms with E-state index in [1.807, 2.05) is 6.07 Å². The molecule has 0 unspecified atom stereocenters. The average molecular weight is 565 g/mol. The molecule has 2 aliphatic rings. The van der Waals surface area contributed by atoms with E-state index in [4.69, 9.17) is 32.7 Å². The van der Waals surface area contributed by atoms with Gasteiger partial charge in [-0.1, -0.05) is 29.3 Å². The SMILES string of the molecule is O=C(Nc1ccc(-c2cc(C3CC3)n(C(=O)NCc3ccc(Cl)c(Cl)c3)n2)c(O)c1)c1ccc2c(c1)OCO2. The number of nitrogens with one attached hydrogen (secondary N) is 2. The lowest BCUT2D eigenvalue weighted by atomic mass is 10.1. The van der Waals surface area contributed by atoms with Crippen molar-refractivity contribution >= 4 is 40.8 Å². The van der Waals surface area contributed by atoms with Crippen molar-refractivity contribution in [1.29, 1.82) is 0 Å². The Morgan fingerprint density at radius 2 is 1.79 bits per heavy atom. The van der Waals surface area contributed by atoms with E-state index in [2.05, 4.69) is 15.7 Å². The minimum Gasteiger partial charge on any atom is -0.507 e. The summed E-state index contributed by atoms with van der Waals surface area (Å²) < 4.78 is 12.0. The number of ether oxygens (including phenoxy) is 2. The van der Waals surface area contributed by atoms with Gasteiger partial charge in [-0.15, -0.1) is 0 Å². The number of fused-ring (bicyclic) bond motifs is 1. The van der Waals surface area contributed by atoms with Gasteiger partial charge in [-0.25, -0.2) is 4.79 Å². The van der Waals surface area contributed by atoms with Crippen LogP contribution < -0.4 is 20.1 Å². The van der Waals surface area contributed by atoms with Crippen molar-refractivity contribution < 1.29 is 24.2 Å². The Kier molecular flexibility index (Phi) is 6.54. The van der Waals surface area contributed by atoms with Crippen LogP contribution in [0.25, 0.3) is 11.3 Å². The molecule has 11 heteroatoms. The van der Waals surface area contributed by atoms with Crippen molar-refractivity contribution in [1.82, 2.24) is 15.1 Å². The minimum absolute atomic E-state index is 0.0818. The Hall–Kier alpha value is -4.21. The van der Waals surface area contributed by atoms with Crippen LogP contribution in [0.15, 0.2) is 60.7 Å². The number of phenolic OH excluding ortho intramolecular Hbond substituents is 1. The molecule has 0 saturated heterocycles. The van der Waals surface area contributed by atoms with E-state index in [-0.39, 0.29) is 36.9 Å². The Morgan fingerprint density at radius 1 is 0.974 bits per heavy atom. The van der Waals surface area contributed by atoms with Crippen LogP contribution in [0.1, 0.15) is 40.4 Å². The third-order valence-corrected chi connectivity index (χ3v) is 7.26. The van der Waals surface area contributed by atoms with E-state index in [9.17, 15) is 14.7 Å². The van der Waals surface area contributed by atoms with Crippen molar-refractivity contribution in [3.63, 3.8) is 0 Å². The van der Waals surface area contributed by atoms with Gasteiger partial charge in [0.15, 0.2) is 11.5 Å². The number of phenols is 1.